The van der Waals surface area contributed by atoms with Gasteiger partial charge in [0.2, 0.25) is 10.0 Å². The van der Waals surface area contributed by atoms with E-state index in [0.717, 1.165) is 12.8 Å². The molecule has 0 saturated carbocycles. The zero-order valence-electron chi connectivity index (χ0n) is 16.4. The van der Waals surface area contributed by atoms with Gasteiger partial charge in [-0.3, -0.25) is 9.36 Å². The number of sulfonamides is 1. The Bertz CT molecular complexity index is 967. The molecule has 0 spiro atoms. The molecule has 2 saturated heterocycles. The van der Waals surface area contributed by atoms with Crippen LogP contribution in [-0.2, 0) is 14.8 Å². The number of amides is 1. The van der Waals surface area contributed by atoms with Crippen molar-refractivity contribution in [3.63, 3.8) is 0 Å². The third kappa shape index (κ3) is 4.19. The highest BCUT2D eigenvalue weighted by Crippen LogP contribution is 2.23. The monoisotopic (exact) mass is 419 g/mol. The van der Waals surface area contributed by atoms with Crippen molar-refractivity contribution in [3.8, 4) is 5.82 Å². The summed E-state index contributed by atoms with van der Waals surface area (Å²) in [6.07, 6.45) is 6.42. The summed E-state index contributed by atoms with van der Waals surface area (Å²) in [6.45, 7) is 5.30. The van der Waals surface area contributed by atoms with Gasteiger partial charge in [0.1, 0.15) is 22.7 Å². The van der Waals surface area contributed by atoms with Gasteiger partial charge in [-0.15, -0.1) is 0 Å². The largest absolute Gasteiger partial charge is 0.378 e. The summed E-state index contributed by atoms with van der Waals surface area (Å²) in [5.41, 5.74) is 0.327. The maximum absolute atomic E-state index is 12.9. The molecule has 4 heterocycles. The van der Waals surface area contributed by atoms with Crippen LogP contribution < -0.4 is 0 Å². The van der Waals surface area contributed by atoms with Crippen LogP contribution in [0.3, 0.4) is 0 Å². The molecule has 29 heavy (non-hydrogen) atoms. The lowest BCUT2D eigenvalue weighted by Gasteiger charge is -2.29. The van der Waals surface area contributed by atoms with E-state index >= 15 is 0 Å². The second-order valence-electron chi connectivity index (χ2n) is 7.53. The number of pyridine rings is 1. The minimum absolute atomic E-state index is 0.148. The van der Waals surface area contributed by atoms with E-state index in [1.165, 1.54) is 16.8 Å². The van der Waals surface area contributed by atoms with E-state index in [2.05, 4.69) is 16.9 Å². The normalized spacial score (nSPS) is 21.3. The number of aromatic nitrogens is 3. The Hall–Kier alpha value is -2.30. The van der Waals surface area contributed by atoms with Crippen molar-refractivity contribution in [1.82, 2.24) is 23.7 Å². The van der Waals surface area contributed by atoms with Crippen LogP contribution in [0.2, 0.25) is 0 Å². The summed E-state index contributed by atoms with van der Waals surface area (Å²) in [4.78, 5) is 22.9. The van der Waals surface area contributed by atoms with Gasteiger partial charge in [0.05, 0.1) is 13.2 Å². The minimum Gasteiger partial charge on any atom is -0.378 e. The van der Waals surface area contributed by atoms with Crippen molar-refractivity contribution < 1.29 is 17.9 Å². The van der Waals surface area contributed by atoms with Crippen molar-refractivity contribution in [2.24, 2.45) is 5.92 Å². The van der Waals surface area contributed by atoms with Crippen LogP contribution in [-0.4, -0.2) is 77.5 Å². The van der Waals surface area contributed by atoms with Crippen LogP contribution in [0.25, 0.3) is 5.82 Å². The first-order valence-electron chi connectivity index (χ1n) is 9.83. The zero-order valence-corrected chi connectivity index (χ0v) is 17.2. The molecule has 0 radical (unpaired) electrons. The second kappa shape index (κ2) is 8.21. The van der Waals surface area contributed by atoms with Gasteiger partial charge in [-0.05, 0) is 30.9 Å². The Balaban J connectivity index is 1.49. The van der Waals surface area contributed by atoms with Gasteiger partial charge in [0.15, 0.2) is 0 Å². The van der Waals surface area contributed by atoms with E-state index in [1.807, 2.05) is 0 Å². The molecule has 1 amide bonds. The van der Waals surface area contributed by atoms with E-state index in [9.17, 15) is 13.2 Å². The summed E-state index contributed by atoms with van der Waals surface area (Å²) >= 11 is 0. The molecule has 2 aromatic rings. The number of morpholine rings is 1. The Labute approximate surface area is 170 Å². The lowest BCUT2D eigenvalue weighted by molar-refractivity contribution is 0.0299. The standard InChI is InChI=1S/C19H25N5O4S/c1-15-3-2-6-24(12-15)29(26,27)16-4-5-18(20-11-16)23-13-17(21-14-23)19(25)22-7-9-28-10-8-22/h4-5,11,13-15H,2-3,6-10,12H2,1H3/t15-/m0/s1. The zero-order chi connectivity index (χ0) is 20.4. The molecule has 2 aliphatic rings. The fourth-order valence-corrected chi connectivity index (χ4v) is 5.22. The molecule has 4 rings (SSSR count). The summed E-state index contributed by atoms with van der Waals surface area (Å²) in [6, 6.07) is 3.19. The molecule has 2 fully saturated rings. The summed E-state index contributed by atoms with van der Waals surface area (Å²) in [5, 5.41) is 0. The third-order valence-electron chi connectivity index (χ3n) is 5.34. The summed E-state index contributed by atoms with van der Waals surface area (Å²) in [7, 11) is -3.54. The average molecular weight is 420 g/mol. The molecule has 156 valence electrons. The first-order valence-corrected chi connectivity index (χ1v) is 11.3. The molecule has 10 heteroatoms. The average Bonchev–Trinajstić information content (AvgIpc) is 3.24. The van der Waals surface area contributed by atoms with Crippen molar-refractivity contribution >= 4 is 15.9 Å². The fourth-order valence-electron chi connectivity index (χ4n) is 3.68. The lowest BCUT2D eigenvalue weighted by atomic mass is 10.0. The summed E-state index contributed by atoms with van der Waals surface area (Å²) < 4.78 is 34.1. The molecule has 2 aliphatic heterocycles. The van der Waals surface area contributed by atoms with E-state index in [4.69, 9.17) is 4.74 Å². The van der Waals surface area contributed by atoms with Crippen LogP contribution in [0.4, 0.5) is 0 Å². The van der Waals surface area contributed by atoms with Crippen molar-refractivity contribution in [2.45, 2.75) is 24.7 Å². The van der Waals surface area contributed by atoms with E-state index < -0.39 is 10.0 Å². The molecule has 1 atom stereocenters. The van der Waals surface area contributed by atoms with E-state index in [0.29, 0.717) is 56.8 Å². The van der Waals surface area contributed by atoms with Gasteiger partial charge in [0.25, 0.3) is 5.91 Å². The molecule has 0 aromatic carbocycles. The van der Waals surface area contributed by atoms with Crippen LogP contribution in [0, 0.1) is 5.92 Å². The van der Waals surface area contributed by atoms with Crippen LogP contribution >= 0.6 is 0 Å². The van der Waals surface area contributed by atoms with E-state index in [1.54, 1.807) is 27.8 Å². The molecule has 0 aliphatic carbocycles. The summed E-state index contributed by atoms with van der Waals surface area (Å²) in [5.74, 6) is 0.717. The maximum atomic E-state index is 12.9. The number of rotatable bonds is 4. The smallest absolute Gasteiger partial charge is 0.274 e. The highest BCUT2D eigenvalue weighted by molar-refractivity contribution is 7.89. The predicted molar refractivity (Wildman–Crippen MR) is 105 cm³/mol. The first kappa shape index (κ1) is 20.0. The predicted octanol–water partition coefficient (Wildman–Crippen LogP) is 1.16. The fraction of sp³-hybridized carbons (Fsp3) is 0.526. The molecule has 2 aromatic heterocycles. The lowest BCUT2D eigenvalue weighted by Crippen LogP contribution is -2.40. The molecule has 0 N–H and O–H groups in total. The van der Waals surface area contributed by atoms with Gasteiger partial charge in [-0.25, -0.2) is 18.4 Å². The number of imidazole rings is 1. The number of nitrogens with zero attached hydrogens (tertiary/aromatic N) is 5. The second-order valence-corrected chi connectivity index (χ2v) is 9.47. The van der Waals surface area contributed by atoms with Gasteiger partial charge in [-0.1, -0.05) is 6.92 Å². The van der Waals surface area contributed by atoms with Gasteiger partial charge >= 0.3 is 0 Å². The Morgan fingerprint density at radius 3 is 2.66 bits per heavy atom. The van der Waals surface area contributed by atoms with Crippen molar-refractivity contribution in [3.05, 3.63) is 36.5 Å². The van der Waals surface area contributed by atoms with Gasteiger partial charge in [-0.2, -0.15) is 4.31 Å². The molecule has 9 nitrogen and oxygen atoms in total. The first-order chi connectivity index (χ1) is 13.9. The van der Waals surface area contributed by atoms with E-state index in [-0.39, 0.29) is 10.8 Å². The highest BCUT2D eigenvalue weighted by atomic mass is 32.2. The Morgan fingerprint density at radius 2 is 1.97 bits per heavy atom. The SMILES string of the molecule is C[C@H]1CCCN(S(=O)(=O)c2ccc(-n3cnc(C(=O)N4CCOCC4)c3)nc2)C1. The Kier molecular flexibility index (Phi) is 5.66. The number of carbonyl (C=O) groups excluding carboxylic acids is 1. The number of hydrogen-bond donors (Lipinski definition) is 0. The van der Waals surface area contributed by atoms with Crippen LogP contribution in [0.1, 0.15) is 30.3 Å². The molecule has 0 bridgehead atoms. The van der Waals surface area contributed by atoms with Crippen molar-refractivity contribution in [1.29, 1.82) is 0 Å². The minimum atomic E-state index is -3.54. The van der Waals surface area contributed by atoms with Gasteiger partial charge < -0.3 is 9.64 Å². The number of piperidine rings is 1. The highest BCUT2D eigenvalue weighted by Gasteiger charge is 2.29. The molecular formula is C19H25N5O4S. The topological polar surface area (TPSA) is 97.6 Å². The molecule has 0 unspecified atom stereocenters. The van der Waals surface area contributed by atoms with Crippen LogP contribution in [0.15, 0.2) is 35.7 Å². The van der Waals surface area contributed by atoms with Crippen molar-refractivity contribution in [2.75, 3.05) is 39.4 Å². The molecular weight excluding hydrogens is 394 g/mol. The maximum Gasteiger partial charge on any atom is 0.274 e. The quantitative estimate of drug-likeness (QED) is 0.738. The Morgan fingerprint density at radius 1 is 1.17 bits per heavy atom. The van der Waals surface area contributed by atoms with Crippen LogP contribution in [0.5, 0.6) is 0 Å². The number of hydrogen-bond acceptors (Lipinski definition) is 6. The van der Waals surface area contributed by atoms with Gasteiger partial charge in [0, 0.05) is 38.6 Å². The number of carbonyl (C=O) groups is 1. The number of ether oxygens (including phenoxy) is 1. The third-order valence-corrected chi connectivity index (χ3v) is 7.19.